The van der Waals surface area contributed by atoms with Crippen LogP contribution in [-0.2, 0) is 0 Å². The van der Waals surface area contributed by atoms with Gasteiger partial charge in [-0.2, -0.15) is 0 Å². The summed E-state index contributed by atoms with van der Waals surface area (Å²) in [7, 11) is 0. The standard InChI is InChI=1S/C14H21NO2/c1-3-5-10(4-2)15-13-9-17-14-8-11(16)6-7-12(13)14/h6-8,10,13,15-16H,3-5,9H2,1-2H3. The second-order valence-electron chi connectivity index (χ2n) is 4.65. The molecular formula is C14H21NO2. The predicted molar refractivity (Wildman–Crippen MR) is 68.5 cm³/mol. The maximum absolute atomic E-state index is 9.39. The van der Waals surface area contributed by atoms with E-state index < -0.39 is 0 Å². The molecule has 2 unspecified atom stereocenters. The second-order valence-corrected chi connectivity index (χ2v) is 4.65. The van der Waals surface area contributed by atoms with Gasteiger partial charge in [0.1, 0.15) is 18.1 Å². The van der Waals surface area contributed by atoms with Gasteiger partial charge >= 0.3 is 0 Å². The summed E-state index contributed by atoms with van der Waals surface area (Å²) in [6.45, 7) is 5.08. The Bertz CT molecular complexity index is 378. The lowest BCUT2D eigenvalue weighted by Crippen LogP contribution is -2.33. The summed E-state index contributed by atoms with van der Waals surface area (Å²) in [5.74, 6) is 1.08. The number of hydrogen-bond donors (Lipinski definition) is 2. The summed E-state index contributed by atoms with van der Waals surface area (Å²) < 4.78 is 5.59. The molecule has 0 aromatic heterocycles. The monoisotopic (exact) mass is 235 g/mol. The van der Waals surface area contributed by atoms with Crippen molar-refractivity contribution in [2.75, 3.05) is 6.61 Å². The number of fused-ring (bicyclic) bond motifs is 1. The van der Waals surface area contributed by atoms with Crippen LogP contribution in [0.5, 0.6) is 11.5 Å². The van der Waals surface area contributed by atoms with Crippen LogP contribution in [0, 0.1) is 0 Å². The SMILES string of the molecule is CCCC(CC)NC1COc2cc(O)ccc21. The molecule has 1 aromatic carbocycles. The first-order valence-corrected chi connectivity index (χ1v) is 6.46. The van der Waals surface area contributed by atoms with E-state index in [0.717, 1.165) is 17.7 Å². The fraction of sp³-hybridized carbons (Fsp3) is 0.571. The van der Waals surface area contributed by atoms with E-state index in [2.05, 4.69) is 19.2 Å². The Balaban J connectivity index is 2.06. The van der Waals surface area contributed by atoms with Crippen LogP contribution in [0.4, 0.5) is 0 Å². The molecule has 1 aromatic rings. The largest absolute Gasteiger partial charge is 0.508 e. The summed E-state index contributed by atoms with van der Waals surface area (Å²) in [5, 5.41) is 13.0. The fourth-order valence-electron chi connectivity index (χ4n) is 2.38. The van der Waals surface area contributed by atoms with Crippen LogP contribution in [0.2, 0.25) is 0 Å². The van der Waals surface area contributed by atoms with Crippen molar-refractivity contribution < 1.29 is 9.84 Å². The van der Waals surface area contributed by atoms with Gasteiger partial charge in [-0.3, -0.25) is 0 Å². The van der Waals surface area contributed by atoms with Gasteiger partial charge in [0, 0.05) is 17.7 Å². The van der Waals surface area contributed by atoms with Gasteiger partial charge in [-0.25, -0.2) is 0 Å². The predicted octanol–water partition coefficient (Wildman–Crippen LogP) is 2.99. The maximum Gasteiger partial charge on any atom is 0.127 e. The van der Waals surface area contributed by atoms with Crippen molar-refractivity contribution >= 4 is 0 Å². The Hall–Kier alpha value is -1.22. The summed E-state index contributed by atoms with van der Waals surface area (Å²) in [6, 6.07) is 6.19. The average Bonchev–Trinajstić information content (AvgIpc) is 2.71. The number of nitrogens with one attached hydrogen (secondary N) is 1. The molecule has 1 aliphatic heterocycles. The number of benzene rings is 1. The lowest BCUT2D eigenvalue weighted by atomic mass is 10.0. The minimum atomic E-state index is 0.266. The molecule has 3 heteroatoms. The Labute approximate surface area is 103 Å². The molecule has 2 N–H and O–H groups in total. The van der Waals surface area contributed by atoms with Crippen molar-refractivity contribution in [1.82, 2.24) is 5.32 Å². The third-order valence-corrected chi connectivity index (χ3v) is 3.34. The van der Waals surface area contributed by atoms with Crippen molar-refractivity contribution in [3.05, 3.63) is 23.8 Å². The average molecular weight is 235 g/mol. The highest BCUT2D eigenvalue weighted by Gasteiger charge is 2.25. The van der Waals surface area contributed by atoms with E-state index in [0.29, 0.717) is 12.6 Å². The molecular weight excluding hydrogens is 214 g/mol. The van der Waals surface area contributed by atoms with E-state index >= 15 is 0 Å². The third-order valence-electron chi connectivity index (χ3n) is 3.34. The minimum Gasteiger partial charge on any atom is -0.508 e. The first-order valence-electron chi connectivity index (χ1n) is 6.46. The highest BCUT2D eigenvalue weighted by Crippen LogP contribution is 2.35. The molecule has 1 heterocycles. The summed E-state index contributed by atoms with van der Waals surface area (Å²) in [4.78, 5) is 0. The van der Waals surface area contributed by atoms with Gasteiger partial charge in [0.2, 0.25) is 0 Å². The van der Waals surface area contributed by atoms with E-state index in [4.69, 9.17) is 4.74 Å². The fourth-order valence-corrected chi connectivity index (χ4v) is 2.38. The Kier molecular flexibility index (Phi) is 3.89. The highest BCUT2D eigenvalue weighted by molar-refractivity contribution is 5.44. The quantitative estimate of drug-likeness (QED) is 0.824. The summed E-state index contributed by atoms with van der Waals surface area (Å²) in [5.41, 5.74) is 1.16. The molecule has 2 rings (SSSR count). The number of rotatable bonds is 5. The van der Waals surface area contributed by atoms with Crippen LogP contribution in [0.15, 0.2) is 18.2 Å². The van der Waals surface area contributed by atoms with Crippen molar-refractivity contribution in [3.63, 3.8) is 0 Å². The Morgan fingerprint density at radius 1 is 1.47 bits per heavy atom. The number of aromatic hydroxyl groups is 1. The molecule has 3 nitrogen and oxygen atoms in total. The molecule has 0 radical (unpaired) electrons. The van der Waals surface area contributed by atoms with Crippen molar-refractivity contribution in [2.45, 2.75) is 45.2 Å². The molecule has 0 spiro atoms. The van der Waals surface area contributed by atoms with E-state index in [9.17, 15) is 5.11 Å². The molecule has 0 fully saturated rings. The van der Waals surface area contributed by atoms with E-state index in [1.807, 2.05) is 6.07 Å². The molecule has 0 saturated heterocycles. The normalized spacial score (nSPS) is 19.8. The van der Waals surface area contributed by atoms with E-state index in [1.54, 1.807) is 12.1 Å². The van der Waals surface area contributed by atoms with Gasteiger partial charge in [-0.05, 0) is 25.0 Å². The zero-order valence-electron chi connectivity index (χ0n) is 10.6. The van der Waals surface area contributed by atoms with Gasteiger partial charge in [0.15, 0.2) is 0 Å². The zero-order valence-corrected chi connectivity index (χ0v) is 10.6. The first-order chi connectivity index (χ1) is 8.24. The van der Waals surface area contributed by atoms with Gasteiger partial charge in [-0.15, -0.1) is 0 Å². The lowest BCUT2D eigenvalue weighted by molar-refractivity contribution is 0.290. The van der Waals surface area contributed by atoms with Gasteiger partial charge in [0.05, 0.1) is 6.04 Å². The van der Waals surface area contributed by atoms with Crippen LogP contribution >= 0.6 is 0 Å². The number of ether oxygens (including phenoxy) is 1. The molecule has 0 aliphatic carbocycles. The smallest absolute Gasteiger partial charge is 0.127 e. The molecule has 2 atom stereocenters. The molecule has 0 bridgehead atoms. The molecule has 0 amide bonds. The van der Waals surface area contributed by atoms with Crippen LogP contribution in [0.3, 0.4) is 0 Å². The molecule has 94 valence electrons. The number of phenols is 1. The van der Waals surface area contributed by atoms with Crippen molar-refractivity contribution in [1.29, 1.82) is 0 Å². The topological polar surface area (TPSA) is 41.5 Å². The highest BCUT2D eigenvalue weighted by atomic mass is 16.5. The zero-order chi connectivity index (χ0) is 12.3. The number of hydrogen-bond acceptors (Lipinski definition) is 3. The van der Waals surface area contributed by atoms with Crippen molar-refractivity contribution in [2.24, 2.45) is 0 Å². The molecule has 17 heavy (non-hydrogen) atoms. The Morgan fingerprint density at radius 2 is 2.29 bits per heavy atom. The van der Waals surface area contributed by atoms with Crippen LogP contribution < -0.4 is 10.1 Å². The molecule has 1 aliphatic rings. The second kappa shape index (κ2) is 5.41. The maximum atomic E-state index is 9.39. The number of phenolic OH excluding ortho intramolecular Hbond substituents is 1. The third kappa shape index (κ3) is 2.72. The van der Waals surface area contributed by atoms with Gasteiger partial charge in [-0.1, -0.05) is 20.3 Å². The van der Waals surface area contributed by atoms with E-state index in [1.165, 1.54) is 12.8 Å². The van der Waals surface area contributed by atoms with Gasteiger partial charge in [0.25, 0.3) is 0 Å². The lowest BCUT2D eigenvalue weighted by Gasteiger charge is -2.20. The Morgan fingerprint density at radius 3 is 3.00 bits per heavy atom. The van der Waals surface area contributed by atoms with Gasteiger partial charge < -0.3 is 15.2 Å². The molecule has 0 saturated carbocycles. The minimum absolute atomic E-state index is 0.266. The van der Waals surface area contributed by atoms with Crippen molar-refractivity contribution in [3.8, 4) is 11.5 Å². The van der Waals surface area contributed by atoms with E-state index in [-0.39, 0.29) is 11.8 Å². The first kappa shape index (κ1) is 12.2. The van der Waals surface area contributed by atoms with Crippen LogP contribution in [0.25, 0.3) is 0 Å². The summed E-state index contributed by atoms with van der Waals surface area (Å²) >= 11 is 0. The van der Waals surface area contributed by atoms with Crippen LogP contribution in [-0.4, -0.2) is 17.8 Å². The van der Waals surface area contributed by atoms with Crippen LogP contribution in [0.1, 0.15) is 44.7 Å². The summed E-state index contributed by atoms with van der Waals surface area (Å²) in [6.07, 6.45) is 3.53.